The zero-order valence-electron chi connectivity index (χ0n) is 11.4. The maximum atomic E-state index is 11.1. The number of aromatic nitrogens is 2. The summed E-state index contributed by atoms with van der Waals surface area (Å²) in [5, 5.41) is 6.08. The highest BCUT2D eigenvalue weighted by Gasteiger charge is 2.24. The summed E-state index contributed by atoms with van der Waals surface area (Å²) in [6.45, 7) is 6.82. The average molecular weight is 284 g/mol. The first-order valence-electron chi connectivity index (χ1n) is 6.48. The molecule has 0 aromatic carbocycles. The molecule has 0 bridgehead atoms. The van der Waals surface area contributed by atoms with Crippen LogP contribution in [0.4, 0.5) is 0 Å². The number of methoxy groups -OCH3 is 1. The Labute approximate surface area is 117 Å². The van der Waals surface area contributed by atoms with Crippen LogP contribution in [0.15, 0.2) is 5.38 Å². The lowest BCUT2D eigenvalue weighted by molar-refractivity contribution is -0.141. The summed E-state index contributed by atoms with van der Waals surface area (Å²) in [6, 6.07) is 0.466. The Bertz CT molecular complexity index is 398. The summed E-state index contributed by atoms with van der Waals surface area (Å²) in [5.74, 6) is -0.136. The van der Waals surface area contributed by atoms with Crippen molar-refractivity contribution in [3.05, 3.63) is 11.1 Å². The first-order valence-corrected chi connectivity index (χ1v) is 7.32. The molecule has 0 N–H and O–H groups in total. The van der Waals surface area contributed by atoms with Gasteiger partial charge in [-0.1, -0.05) is 4.49 Å². The van der Waals surface area contributed by atoms with E-state index in [1.54, 1.807) is 0 Å². The minimum absolute atomic E-state index is 0.136. The third-order valence-electron chi connectivity index (χ3n) is 3.48. The molecule has 1 atom stereocenters. The van der Waals surface area contributed by atoms with Gasteiger partial charge in [-0.05, 0) is 18.5 Å². The van der Waals surface area contributed by atoms with Crippen LogP contribution in [0.1, 0.15) is 19.0 Å². The van der Waals surface area contributed by atoms with Crippen LogP contribution in [-0.4, -0.2) is 64.7 Å². The monoisotopic (exact) mass is 284 g/mol. The molecule has 0 aliphatic carbocycles. The Morgan fingerprint density at radius 1 is 1.58 bits per heavy atom. The van der Waals surface area contributed by atoms with E-state index in [0.717, 1.165) is 38.4 Å². The van der Waals surface area contributed by atoms with Crippen LogP contribution in [0.2, 0.25) is 0 Å². The maximum Gasteiger partial charge on any atom is 0.306 e. The predicted molar refractivity (Wildman–Crippen MR) is 72.9 cm³/mol. The van der Waals surface area contributed by atoms with Gasteiger partial charge in [0.05, 0.1) is 19.2 Å². The topological polar surface area (TPSA) is 58.6 Å². The Hall–Kier alpha value is -1.05. The molecule has 1 aromatic rings. The van der Waals surface area contributed by atoms with Crippen molar-refractivity contribution in [2.75, 3.05) is 33.3 Å². The number of hydrogen-bond acceptors (Lipinski definition) is 7. The van der Waals surface area contributed by atoms with E-state index in [0.29, 0.717) is 12.5 Å². The second-order valence-electron chi connectivity index (χ2n) is 4.84. The third-order valence-corrected chi connectivity index (χ3v) is 4.03. The molecule has 19 heavy (non-hydrogen) atoms. The molecule has 6 nitrogen and oxygen atoms in total. The summed E-state index contributed by atoms with van der Waals surface area (Å²) in [7, 11) is 1.44. The van der Waals surface area contributed by atoms with Crippen LogP contribution in [0.3, 0.4) is 0 Å². The fourth-order valence-corrected chi connectivity index (χ4v) is 2.76. The Kier molecular flexibility index (Phi) is 5.24. The Morgan fingerprint density at radius 3 is 3.05 bits per heavy atom. The lowest BCUT2D eigenvalue weighted by Crippen LogP contribution is -2.51. The highest BCUT2D eigenvalue weighted by molar-refractivity contribution is 7.03. The average Bonchev–Trinajstić information content (AvgIpc) is 2.91. The standard InChI is InChI=1S/C12H20N4O2S/c1-10-7-15(4-3-12(17)18-2)5-6-16(10)8-11-9-19-14-13-11/h9-10H,3-8H2,1-2H3/t10-/m1/s1. The van der Waals surface area contributed by atoms with E-state index in [9.17, 15) is 4.79 Å². The summed E-state index contributed by atoms with van der Waals surface area (Å²) in [4.78, 5) is 15.9. The van der Waals surface area contributed by atoms with Crippen LogP contribution >= 0.6 is 11.5 Å². The summed E-state index contributed by atoms with van der Waals surface area (Å²) in [5.41, 5.74) is 1.04. The Balaban J connectivity index is 1.76. The third kappa shape index (κ3) is 4.22. The molecule has 1 aromatic heterocycles. The quantitative estimate of drug-likeness (QED) is 0.738. The fourth-order valence-electron chi connectivity index (χ4n) is 2.32. The van der Waals surface area contributed by atoms with E-state index >= 15 is 0 Å². The molecule has 0 saturated carbocycles. The molecule has 1 aliphatic rings. The molecule has 0 amide bonds. The summed E-state index contributed by atoms with van der Waals surface area (Å²) in [6.07, 6.45) is 0.471. The van der Waals surface area contributed by atoms with Gasteiger partial charge < -0.3 is 4.74 Å². The number of carbonyl (C=O) groups excluding carboxylic acids is 1. The van der Waals surface area contributed by atoms with Gasteiger partial charge in [-0.25, -0.2) is 0 Å². The van der Waals surface area contributed by atoms with Crippen molar-refractivity contribution >= 4 is 17.5 Å². The van der Waals surface area contributed by atoms with Crippen LogP contribution in [-0.2, 0) is 16.1 Å². The van der Waals surface area contributed by atoms with Crippen molar-refractivity contribution < 1.29 is 9.53 Å². The number of esters is 1. The van der Waals surface area contributed by atoms with E-state index in [1.165, 1.54) is 18.6 Å². The lowest BCUT2D eigenvalue weighted by Gasteiger charge is -2.39. The minimum Gasteiger partial charge on any atom is -0.469 e. The molecule has 7 heteroatoms. The minimum atomic E-state index is -0.136. The van der Waals surface area contributed by atoms with E-state index in [2.05, 4.69) is 31.0 Å². The first-order chi connectivity index (χ1) is 9.19. The number of carbonyl (C=O) groups is 1. The molecule has 0 unspecified atom stereocenters. The van der Waals surface area contributed by atoms with E-state index in [-0.39, 0.29) is 5.97 Å². The van der Waals surface area contributed by atoms with Gasteiger partial charge in [0.1, 0.15) is 0 Å². The van der Waals surface area contributed by atoms with Gasteiger partial charge in [0.25, 0.3) is 0 Å². The fraction of sp³-hybridized carbons (Fsp3) is 0.750. The van der Waals surface area contributed by atoms with Crippen molar-refractivity contribution in [1.29, 1.82) is 0 Å². The maximum absolute atomic E-state index is 11.1. The lowest BCUT2D eigenvalue weighted by atomic mass is 10.1. The Morgan fingerprint density at radius 2 is 2.42 bits per heavy atom. The van der Waals surface area contributed by atoms with Gasteiger partial charge >= 0.3 is 5.97 Å². The number of piperazine rings is 1. The highest BCUT2D eigenvalue weighted by Crippen LogP contribution is 2.13. The zero-order chi connectivity index (χ0) is 13.7. The van der Waals surface area contributed by atoms with Gasteiger partial charge in [-0.3, -0.25) is 14.6 Å². The molecule has 2 heterocycles. The number of nitrogens with zero attached hydrogens (tertiary/aromatic N) is 4. The molecule has 0 radical (unpaired) electrons. The van der Waals surface area contributed by atoms with E-state index in [4.69, 9.17) is 0 Å². The second kappa shape index (κ2) is 6.93. The first kappa shape index (κ1) is 14.4. The van der Waals surface area contributed by atoms with Crippen LogP contribution < -0.4 is 0 Å². The molecule has 106 valence electrons. The highest BCUT2D eigenvalue weighted by atomic mass is 32.1. The number of ether oxygens (including phenoxy) is 1. The number of hydrogen-bond donors (Lipinski definition) is 0. The summed E-state index contributed by atoms with van der Waals surface area (Å²) < 4.78 is 8.56. The van der Waals surface area contributed by atoms with Crippen molar-refractivity contribution in [2.45, 2.75) is 25.9 Å². The van der Waals surface area contributed by atoms with E-state index < -0.39 is 0 Å². The van der Waals surface area contributed by atoms with Gasteiger partial charge in [0, 0.05) is 44.1 Å². The van der Waals surface area contributed by atoms with Gasteiger partial charge in [0.2, 0.25) is 0 Å². The smallest absolute Gasteiger partial charge is 0.306 e. The van der Waals surface area contributed by atoms with Gasteiger partial charge in [0.15, 0.2) is 0 Å². The van der Waals surface area contributed by atoms with Crippen LogP contribution in [0.5, 0.6) is 0 Å². The molecular weight excluding hydrogens is 264 g/mol. The van der Waals surface area contributed by atoms with Gasteiger partial charge in [-0.2, -0.15) is 0 Å². The summed E-state index contributed by atoms with van der Waals surface area (Å²) >= 11 is 1.39. The molecular formula is C12H20N4O2S. The van der Waals surface area contributed by atoms with Gasteiger partial charge in [-0.15, -0.1) is 5.10 Å². The van der Waals surface area contributed by atoms with Crippen molar-refractivity contribution in [3.63, 3.8) is 0 Å². The van der Waals surface area contributed by atoms with Crippen molar-refractivity contribution in [1.82, 2.24) is 19.4 Å². The largest absolute Gasteiger partial charge is 0.469 e. The normalized spacial score (nSPS) is 21.5. The second-order valence-corrected chi connectivity index (χ2v) is 5.45. The predicted octanol–water partition coefficient (Wildman–Crippen LogP) is 0.607. The number of rotatable bonds is 5. The zero-order valence-corrected chi connectivity index (χ0v) is 12.2. The van der Waals surface area contributed by atoms with Crippen LogP contribution in [0.25, 0.3) is 0 Å². The van der Waals surface area contributed by atoms with Crippen molar-refractivity contribution in [3.8, 4) is 0 Å². The molecule has 1 saturated heterocycles. The molecule has 1 aliphatic heterocycles. The van der Waals surface area contributed by atoms with Crippen LogP contribution in [0, 0.1) is 0 Å². The molecule has 1 fully saturated rings. The van der Waals surface area contributed by atoms with Crippen molar-refractivity contribution in [2.24, 2.45) is 0 Å². The molecule has 0 spiro atoms. The SMILES string of the molecule is COC(=O)CCN1CCN(Cc2csnn2)[C@H](C)C1. The molecule has 2 rings (SSSR count). The van der Waals surface area contributed by atoms with E-state index in [1.807, 2.05) is 5.38 Å².